The Morgan fingerprint density at radius 2 is 2.00 bits per heavy atom. The van der Waals surface area contributed by atoms with Crippen molar-refractivity contribution in [2.75, 3.05) is 25.9 Å². The molecule has 1 heterocycles. The number of fused-ring (bicyclic) bond motifs is 1. The molecule has 1 aromatic carbocycles. The lowest BCUT2D eigenvalue weighted by Gasteiger charge is -2.41. The van der Waals surface area contributed by atoms with Crippen molar-refractivity contribution < 1.29 is 9.53 Å². The Morgan fingerprint density at radius 1 is 1.24 bits per heavy atom. The van der Waals surface area contributed by atoms with E-state index in [1.165, 1.54) is 25.7 Å². The number of carbonyl (C=O) groups excluding carboxylic acids is 1. The zero-order valence-electron chi connectivity index (χ0n) is 12.7. The van der Waals surface area contributed by atoms with Crippen molar-refractivity contribution in [3.63, 3.8) is 0 Å². The zero-order valence-corrected chi connectivity index (χ0v) is 12.7. The van der Waals surface area contributed by atoms with Crippen molar-refractivity contribution in [3.05, 3.63) is 23.8 Å². The molecule has 0 spiro atoms. The number of hydrogen-bond donors (Lipinski definition) is 1. The highest BCUT2D eigenvalue weighted by Crippen LogP contribution is 2.37. The van der Waals surface area contributed by atoms with E-state index in [9.17, 15) is 4.79 Å². The van der Waals surface area contributed by atoms with E-state index in [2.05, 4.69) is 0 Å². The largest absolute Gasteiger partial charge is 0.496 e. The van der Waals surface area contributed by atoms with Gasteiger partial charge in [-0.1, -0.05) is 19.3 Å². The van der Waals surface area contributed by atoms with Crippen molar-refractivity contribution in [2.45, 2.75) is 32.1 Å². The number of rotatable bonds is 2. The smallest absolute Gasteiger partial charge is 0.257 e. The van der Waals surface area contributed by atoms with E-state index in [0.29, 0.717) is 22.9 Å². The third kappa shape index (κ3) is 2.85. The highest BCUT2D eigenvalue weighted by atomic mass is 16.5. The van der Waals surface area contributed by atoms with Crippen molar-refractivity contribution >= 4 is 11.6 Å². The number of carbonyl (C=O) groups is 1. The molecular weight excluding hydrogens is 264 g/mol. The second-order valence-electron chi connectivity index (χ2n) is 6.30. The van der Waals surface area contributed by atoms with Crippen LogP contribution in [0.25, 0.3) is 0 Å². The predicted octanol–water partition coefficient (Wildman–Crippen LogP) is 2.93. The molecule has 2 aliphatic rings. The van der Waals surface area contributed by atoms with Crippen LogP contribution in [0, 0.1) is 11.8 Å². The topological polar surface area (TPSA) is 55.6 Å². The number of amides is 1. The fourth-order valence-corrected chi connectivity index (χ4v) is 3.84. The van der Waals surface area contributed by atoms with Gasteiger partial charge in [0.2, 0.25) is 0 Å². The maximum Gasteiger partial charge on any atom is 0.257 e. The number of nitrogen functional groups attached to an aromatic ring is 1. The second kappa shape index (κ2) is 5.96. The molecule has 0 radical (unpaired) electrons. The molecule has 0 bridgehead atoms. The Kier molecular flexibility index (Phi) is 4.04. The first-order chi connectivity index (χ1) is 10.2. The maximum absolute atomic E-state index is 12.8. The monoisotopic (exact) mass is 288 g/mol. The maximum atomic E-state index is 12.8. The average Bonchev–Trinajstić information content (AvgIpc) is 2.53. The van der Waals surface area contributed by atoms with Gasteiger partial charge in [-0.3, -0.25) is 4.79 Å². The molecular formula is C17H24N2O2. The summed E-state index contributed by atoms with van der Waals surface area (Å²) in [6.07, 6.45) is 6.44. The molecule has 2 atom stereocenters. The Bertz CT molecular complexity index is 530. The minimum atomic E-state index is 0.0795. The summed E-state index contributed by atoms with van der Waals surface area (Å²) in [5, 5.41) is 0. The fraction of sp³-hybridized carbons (Fsp3) is 0.588. The molecule has 1 saturated carbocycles. The minimum Gasteiger partial charge on any atom is -0.496 e. The molecule has 1 aliphatic heterocycles. The zero-order chi connectivity index (χ0) is 14.8. The summed E-state index contributed by atoms with van der Waals surface area (Å²) in [5.41, 5.74) is 7.01. The van der Waals surface area contributed by atoms with Gasteiger partial charge in [-0.05, 0) is 36.8 Å². The van der Waals surface area contributed by atoms with Crippen LogP contribution in [0.15, 0.2) is 18.2 Å². The SMILES string of the molecule is COc1cc(N)ccc1C(=O)N1CCC2CCCCC2C1. The molecule has 3 rings (SSSR count). The van der Waals surface area contributed by atoms with Gasteiger partial charge in [0.1, 0.15) is 5.75 Å². The van der Waals surface area contributed by atoms with Crippen LogP contribution < -0.4 is 10.5 Å². The molecule has 1 aliphatic carbocycles. The minimum absolute atomic E-state index is 0.0795. The summed E-state index contributed by atoms with van der Waals surface area (Å²) in [5.74, 6) is 2.17. The molecule has 1 aromatic rings. The third-order valence-electron chi connectivity index (χ3n) is 5.03. The average molecular weight is 288 g/mol. The Hall–Kier alpha value is -1.71. The highest BCUT2D eigenvalue weighted by Gasteiger charge is 2.33. The van der Waals surface area contributed by atoms with Crippen LogP contribution >= 0.6 is 0 Å². The molecule has 114 valence electrons. The standard InChI is InChI=1S/C17H24N2O2/c1-21-16-10-14(18)6-7-15(16)17(20)19-9-8-12-4-2-3-5-13(12)11-19/h6-7,10,12-13H,2-5,8-9,11,18H2,1H3. The van der Waals surface area contributed by atoms with Crippen LogP contribution in [-0.4, -0.2) is 31.0 Å². The first-order valence-corrected chi connectivity index (χ1v) is 7.92. The van der Waals surface area contributed by atoms with Gasteiger partial charge in [0.25, 0.3) is 5.91 Å². The van der Waals surface area contributed by atoms with Crippen LogP contribution in [0.5, 0.6) is 5.75 Å². The lowest BCUT2D eigenvalue weighted by Crippen LogP contribution is -2.44. The Balaban J connectivity index is 1.76. The summed E-state index contributed by atoms with van der Waals surface area (Å²) >= 11 is 0. The van der Waals surface area contributed by atoms with Crippen molar-refractivity contribution in [2.24, 2.45) is 11.8 Å². The van der Waals surface area contributed by atoms with Gasteiger partial charge in [0.05, 0.1) is 12.7 Å². The number of benzene rings is 1. The molecule has 21 heavy (non-hydrogen) atoms. The first-order valence-electron chi connectivity index (χ1n) is 7.92. The van der Waals surface area contributed by atoms with Crippen molar-refractivity contribution in [3.8, 4) is 5.75 Å². The molecule has 0 aromatic heterocycles. The fourth-order valence-electron chi connectivity index (χ4n) is 3.84. The Morgan fingerprint density at radius 3 is 2.76 bits per heavy atom. The number of nitrogens with two attached hydrogens (primary N) is 1. The van der Waals surface area contributed by atoms with E-state index in [0.717, 1.165) is 25.4 Å². The summed E-state index contributed by atoms with van der Waals surface area (Å²) in [6.45, 7) is 1.77. The van der Waals surface area contributed by atoms with E-state index >= 15 is 0 Å². The van der Waals surface area contributed by atoms with Gasteiger partial charge in [-0.25, -0.2) is 0 Å². The lowest BCUT2D eigenvalue weighted by atomic mass is 9.75. The van der Waals surface area contributed by atoms with Gasteiger partial charge >= 0.3 is 0 Å². The van der Waals surface area contributed by atoms with Crippen LogP contribution in [-0.2, 0) is 0 Å². The summed E-state index contributed by atoms with van der Waals surface area (Å²) in [6, 6.07) is 5.27. The third-order valence-corrected chi connectivity index (χ3v) is 5.03. The molecule has 2 fully saturated rings. The molecule has 4 nitrogen and oxygen atoms in total. The van der Waals surface area contributed by atoms with Gasteiger partial charge < -0.3 is 15.4 Å². The molecule has 1 saturated heterocycles. The summed E-state index contributed by atoms with van der Waals surface area (Å²) in [4.78, 5) is 14.8. The summed E-state index contributed by atoms with van der Waals surface area (Å²) in [7, 11) is 1.58. The van der Waals surface area contributed by atoms with Crippen LogP contribution in [0.1, 0.15) is 42.5 Å². The van der Waals surface area contributed by atoms with E-state index in [1.54, 1.807) is 25.3 Å². The highest BCUT2D eigenvalue weighted by molar-refractivity contribution is 5.97. The quantitative estimate of drug-likeness (QED) is 0.851. The van der Waals surface area contributed by atoms with Crippen LogP contribution in [0.3, 0.4) is 0 Å². The number of piperidine rings is 1. The number of nitrogens with zero attached hydrogens (tertiary/aromatic N) is 1. The normalized spacial score (nSPS) is 25.3. The molecule has 1 amide bonds. The number of methoxy groups -OCH3 is 1. The molecule has 4 heteroatoms. The Labute approximate surface area is 126 Å². The number of anilines is 1. The van der Waals surface area contributed by atoms with Crippen molar-refractivity contribution in [1.29, 1.82) is 0 Å². The summed E-state index contributed by atoms with van der Waals surface area (Å²) < 4.78 is 5.32. The number of ether oxygens (including phenoxy) is 1. The van der Waals surface area contributed by atoms with Crippen molar-refractivity contribution in [1.82, 2.24) is 4.90 Å². The van der Waals surface area contributed by atoms with E-state index in [4.69, 9.17) is 10.5 Å². The van der Waals surface area contributed by atoms with Gasteiger partial charge in [-0.15, -0.1) is 0 Å². The lowest BCUT2D eigenvalue weighted by molar-refractivity contribution is 0.0518. The number of hydrogen-bond acceptors (Lipinski definition) is 3. The number of likely N-dealkylation sites (tertiary alicyclic amines) is 1. The van der Waals surface area contributed by atoms with Gasteiger partial charge in [0.15, 0.2) is 0 Å². The molecule has 2 N–H and O–H groups in total. The van der Waals surface area contributed by atoms with E-state index in [-0.39, 0.29) is 5.91 Å². The van der Waals surface area contributed by atoms with Gasteiger partial charge in [-0.2, -0.15) is 0 Å². The van der Waals surface area contributed by atoms with Crippen LogP contribution in [0.4, 0.5) is 5.69 Å². The first kappa shape index (κ1) is 14.2. The molecule has 2 unspecified atom stereocenters. The van der Waals surface area contributed by atoms with E-state index in [1.807, 2.05) is 4.90 Å². The van der Waals surface area contributed by atoms with Gasteiger partial charge in [0, 0.05) is 24.8 Å². The van der Waals surface area contributed by atoms with E-state index < -0.39 is 0 Å². The predicted molar refractivity (Wildman–Crippen MR) is 83.4 cm³/mol. The second-order valence-corrected chi connectivity index (χ2v) is 6.30. The van der Waals surface area contributed by atoms with Crippen LogP contribution in [0.2, 0.25) is 0 Å².